The number of piperazine rings is 1. The quantitative estimate of drug-likeness (QED) is 0.812. The maximum Gasteiger partial charge on any atom is 0.242 e. The molecule has 0 unspecified atom stereocenters. The van der Waals surface area contributed by atoms with Crippen LogP contribution >= 0.6 is 0 Å². The third-order valence-electron chi connectivity index (χ3n) is 3.54. The van der Waals surface area contributed by atoms with Crippen LogP contribution in [0.4, 0.5) is 5.82 Å². The molecule has 0 radical (unpaired) electrons. The number of rotatable bonds is 4. The summed E-state index contributed by atoms with van der Waals surface area (Å²) in [6.07, 6.45) is 0. The Morgan fingerprint density at radius 2 is 1.90 bits per heavy atom. The predicted octanol–water partition coefficient (Wildman–Crippen LogP) is -0.469. The second kappa shape index (κ2) is 6.47. The third kappa shape index (κ3) is 3.65. The van der Waals surface area contributed by atoms with E-state index in [9.17, 15) is 9.59 Å². The smallest absolute Gasteiger partial charge is 0.242 e. The van der Waals surface area contributed by atoms with E-state index in [1.807, 2.05) is 0 Å². The molecule has 0 aliphatic carbocycles. The van der Waals surface area contributed by atoms with E-state index in [1.54, 1.807) is 41.6 Å². The molecule has 2 rings (SSSR count). The van der Waals surface area contributed by atoms with Gasteiger partial charge in [-0.05, 0) is 0 Å². The number of hydrogen-bond acceptors (Lipinski definition) is 5. The second-order valence-corrected chi connectivity index (χ2v) is 4.94. The summed E-state index contributed by atoms with van der Waals surface area (Å²) in [4.78, 5) is 26.8. The Bertz CT molecular complexity index is 520. The van der Waals surface area contributed by atoms with Crippen molar-refractivity contribution in [1.29, 1.82) is 0 Å². The molecular weight excluding hydrogens is 274 g/mol. The van der Waals surface area contributed by atoms with Gasteiger partial charge in [0.2, 0.25) is 17.7 Å². The molecule has 1 aromatic heterocycles. The van der Waals surface area contributed by atoms with Gasteiger partial charge >= 0.3 is 0 Å². The van der Waals surface area contributed by atoms with Gasteiger partial charge in [0.15, 0.2) is 5.82 Å². The van der Waals surface area contributed by atoms with Crippen LogP contribution in [0.25, 0.3) is 0 Å². The van der Waals surface area contributed by atoms with E-state index in [-0.39, 0.29) is 18.4 Å². The molecule has 0 aromatic carbocycles. The zero-order valence-electron chi connectivity index (χ0n) is 12.6. The van der Waals surface area contributed by atoms with Gasteiger partial charge in [-0.2, -0.15) is 5.10 Å². The first-order valence-corrected chi connectivity index (χ1v) is 6.86. The van der Waals surface area contributed by atoms with Crippen molar-refractivity contribution < 1.29 is 14.3 Å². The van der Waals surface area contributed by atoms with E-state index in [4.69, 9.17) is 4.74 Å². The number of amides is 2. The van der Waals surface area contributed by atoms with Crippen molar-refractivity contribution in [3.05, 3.63) is 6.07 Å². The number of nitrogens with one attached hydrogen (secondary N) is 1. The average Bonchev–Trinajstić information content (AvgIpc) is 2.85. The molecule has 0 bridgehead atoms. The van der Waals surface area contributed by atoms with Crippen LogP contribution in [0.3, 0.4) is 0 Å². The summed E-state index contributed by atoms with van der Waals surface area (Å²) in [5, 5.41) is 7.18. The summed E-state index contributed by atoms with van der Waals surface area (Å²) < 4.78 is 6.71. The molecule has 0 atom stereocenters. The molecule has 0 spiro atoms. The number of nitrogens with zero attached hydrogens (tertiary/aromatic N) is 4. The van der Waals surface area contributed by atoms with Gasteiger partial charge in [0.25, 0.3) is 0 Å². The fourth-order valence-corrected chi connectivity index (χ4v) is 2.28. The molecule has 2 amide bonds. The number of carbonyl (C=O) groups excluding carboxylic acids is 2. The zero-order chi connectivity index (χ0) is 15.4. The van der Waals surface area contributed by atoms with E-state index >= 15 is 0 Å². The van der Waals surface area contributed by atoms with Gasteiger partial charge in [0, 0.05) is 46.2 Å². The van der Waals surface area contributed by atoms with Gasteiger partial charge in [-0.25, -0.2) is 4.68 Å². The largest absolute Gasteiger partial charge is 0.481 e. The maximum absolute atomic E-state index is 12.1. The first kappa shape index (κ1) is 15.1. The number of aromatic nitrogens is 2. The Hall–Kier alpha value is -2.25. The van der Waals surface area contributed by atoms with Crippen LogP contribution in [0.5, 0.6) is 5.88 Å². The Morgan fingerprint density at radius 1 is 1.29 bits per heavy atom. The summed E-state index contributed by atoms with van der Waals surface area (Å²) in [7, 11) is 3.34. The first-order valence-electron chi connectivity index (χ1n) is 6.86. The van der Waals surface area contributed by atoms with Gasteiger partial charge in [0.05, 0.1) is 13.7 Å². The summed E-state index contributed by atoms with van der Waals surface area (Å²) in [6, 6.07) is 1.74. The van der Waals surface area contributed by atoms with Crippen LogP contribution in [-0.4, -0.2) is 71.2 Å². The van der Waals surface area contributed by atoms with E-state index in [0.717, 1.165) is 0 Å². The second-order valence-electron chi connectivity index (χ2n) is 4.94. The lowest BCUT2D eigenvalue weighted by atomic mass is 10.3. The van der Waals surface area contributed by atoms with E-state index in [2.05, 4.69) is 10.4 Å². The lowest BCUT2D eigenvalue weighted by Crippen LogP contribution is -2.51. The highest BCUT2D eigenvalue weighted by Crippen LogP contribution is 2.14. The fourth-order valence-electron chi connectivity index (χ4n) is 2.28. The van der Waals surface area contributed by atoms with Crippen molar-refractivity contribution in [3.63, 3.8) is 0 Å². The molecule has 116 valence electrons. The minimum absolute atomic E-state index is 0.00261. The number of ether oxygens (including phenoxy) is 1. The van der Waals surface area contributed by atoms with Crippen LogP contribution in [-0.2, 0) is 16.6 Å². The first-order chi connectivity index (χ1) is 10.0. The Labute approximate surface area is 123 Å². The van der Waals surface area contributed by atoms with Crippen molar-refractivity contribution in [2.24, 2.45) is 7.05 Å². The highest BCUT2D eigenvalue weighted by atomic mass is 16.5. The van der Waals surface area contributed by atoms with Crippen LogP contribution < -0.4 is 10.1 Å². The number of carbonyl (C=O) groups is 2. The number of hydrogen-bond donors (Lipinski definition) is 1. The normalized spacial score (nSPS) is 15.0. The van der Waals surface area contributed by atoms with E-state index in [1.165, 1.54) is 0 Å². The monoisotopic (exact) mass is 295 g/mol. The van der Waals surface area contributed by atoms with Crippen molar-refractivity contribution in [2.75, 3.05) is 45.2 Å². The van der Waals surface area contributed by atoms with Gasteiger partial charge in [0.1, 0.15) is 0 Å². The van der Waals surface area contributed by atoms with Gasteiger partial charge in [-0.15, -0.1) is 0 Å². The Balaban J connectivity index is 1.81. The van der Waals surface area contributed by atoms with Gasteiger partial charge in [-0.1, -0.05) is 0 Å². The molecule has 2 heterocycles. The summed E-state index contributed by atoms with van der Waals surface area (Å²) in [6.45, 7) is 4.07. The maximum atomic E-state index is 12.1. The van der Waals surface area contributed by atoms with Crippen LogP contribution in [0.2, 0.25) is 0 Å². The molecule has 1 aromatic rings. The van der Waals surface area contributed by atoms with E-state index in [0.29, 0.717) is 37.9 Å². The molecule has 1 aliphatic rings. The molecule has 8 heteroatoms. The Morgan fingerprint density at radius 3 is 2.43 bits per heavy atom. The van der Waals surface area contributed by atoms with Crippen LogP contribution in [0.1, 0.15) is 6.92 Å². The van der Waals surface area contributed by atoms with Crippen molar-refractivity contribution >= 4 is 17.6 Å². The number of aryl methyl sites for hydroxylation is 1. The molecule has 0 saturated carbocycles. The van der Waals surface area contributed by atoms with Crippen LogP contribution in [0.15, 0.2) is 6.07 Å². The van der Waals surface area contributed by atoms with Crippen molar-refractivity contribution in [1.82, 2.24) is 19.6 Å². The number of methoxy groups -OCH3 is 1. The molecular formula is C13H21N5O3. The fraction of sp³-hybridized carbons (Fsp3) is 0.615. The minimum Gasteiger partial charge on any atom is -0.481 e. The standard InChI is InChI=1S/C13H21N5O3/c1-10(19)17-4-6-18(7-5-17)12(20)9-14-11-8-13(21-3)16(2)15-11/h8H,4-7,9H2,1-3H3,(H,14,15). The summed E-state index contributed by atoms with van der Waals surface area (Å²) >= 11 is 0. The lowest BCUT2D eigenvalue weighted by molar-refractivity contribution is -0.137. The van der Waals surface area contributed by atoms with Crippen LogP contribution in [0, 0.1) is 0 Å². The summed E-state index contributed by atoms with van der Waals surface area (Å²) in [5.74, 6) is 1.29. The number of anilines is 1. The van der Waals surface area contributed by atoms with Gasteiger partial charge < -0.3 is 19.9 Å². The predicted molar refractivity (Wildman–Crippen MR) is 77.1 cm³/mol. The zero-order valence-corrected chi connectivity index (χ0v) is 12.6. The summed E-state index contributed by atoms with van der Waals surface area (Å²) in [5.41, 5.74) is 0. The van der Waals surface area contributed by atoms with Gasteiger partial charge in [-0.3, -0.25) is 9.59 Å². The molecule has 1 aliphatic heterocycles. The molecule has 1 N–H and O–H groups in total. The Kier molecular flexibility index (Phi) is 4.66. The third-order valence-corrected chi connectivity index (χ3v) is 3.54. The topological polar surface area (TPSA) is 79.7 Å². The molecule has 8 nitrogen and oxygen atoms in total. The molecule has 1 fully saturated rings. The highest BCUT2D eigenvalue weighted by Gasteiger charge is 2.22. The van der Waals surface area contributed by atoms with Crippen molar-refractivity contribution in [3.8, 4) is 5.88 Å². The highest BCUT2D eigenvalue weighted by molar-refractivity contribution is 5.81. The van der Waals surface area contributed by atoms with Crippen molar-refractivity contribution in [2.45, 2.75) is 6.92 Å². The SMILES string of the molecule is COc1cc(NCC(=O)N2CCN(C(C)=O)CC2)nn1C. The van der Waals surface area contributed by atoms with E-state index < -0.39 is 0 Å². The average molecular weight is 295 g/mol. The minimum atomic E-state index is 0.00261. The lowest BCUT2D eigenvalue weighted by Gasteiger charge is -2.34. The molecule has 21 heavy (non-hydrogen) atoms. The molecule has 1 saturated heterocycles.